The summed E-state index contributed by atoms with van der Waals surface area (Å²) in [4.78, 5) is 28.2. The predicted octanol–water partition coefficient (Wildman–Crippen LogP) is 2.44. The van der Waals surface area contributed by atoms with E-state index in [1.165, 1.54) is 22.6 Å². The van der Waals surface area contributed by atoms with E-state index in [4.69, 9.17) is 11.6 Å². The SMILES string of the molecule is CNC(=O)c1ccc(NC(=O)C2CCN(S(=O)(=O)c3cccnc3Cl)CC2)c(C)c1. The van der Waals surface area contributed by atoms with Crippen LogP contribution in [-0.2, 0) is 14.8 Å². The third kappa shape index (κ3) is 4.63. The van der Waals surface area contributed by atoms with Crippen molar-refractivity contribution in [3.05, 3.63) is 52.8 Å². The maximum absolute atomic E-state index is 12.8. The van der Waals surface area contributed by atoms with E-state index < -0.39 is 10.0 Å². The molecule has 1 aliphatic rings. The summed E-state index contributed by atoms with van der Waals surface area (Å²) in [6.07, 6.45) is 2.23. The number of piperidine rings is 1. The predicted molar refractivity (Wildman–Crippen MR) is 114 cm³/mol. The summed E-state index contributed by atoms with van der Waals surface area (Å²) < 4.78 is 26.9. The Labute approximate surface area is 180 Å². The number of aromatic nitrogens is 1. The van der Waals surface area contributed by atoms with Gasteiger partial charge in [0, 0.05) is 43.5 Å². The first-order chi connectivity index (χ1) is 14.2. The lowest BCUT2D eigenvalue weighted by molar-refractivity contribution is -0.120. The van der Waals surface area contributed by atoms with Gasteiger partial charge in [-0.1, -0.05) is 11.6 Å². The van der Waals surface area contributed by atoms with Gasteiger partial charge < -0.3 is 10.6 Å². The number of sulfonamides is 1. The molecule has 30 heavy (non-hydrogen) atoms. The second-order valence-electron chi connectivity index (χ2n) is 7.07. The van der Waals surface area contributed by atoms with Crippen LogP contribution < -0.4 is 10.6 Å². The Morgan fingerprint density at radius 1 is 1.20 bits per heavy atom. The molecule has 2 aromatic rings. The number of carbonyl (C=O) groups is 2. The molecule has 0 spiro atoms. The molecule has 1 saturated heterocycles. The molecule has 0 saturated carbocycles. The molecule has 0 radical (unpaired) electrons. The Balaban J connectivity index is 1.63. The number of rotatable bonds is 5. The Morgan fingerprint density at radius 2 is 1.90 bits per heavy atom. The lowest BCUT2D eigenvalue weighted by Gasteiger charge is -2.30. The molecule has 0 aliphatic carbocycles. The van der Waals surface area contributed by atoms with Gasteiger partial charge in [0.05, 0.1) is 0 Å². The van der Waals surface area contributed by atoms with Crippen LogP contribution in [0, 0.1) is 12.8 Å². The van der Waals surface area contributed by atoms with Crippen LogP contribution in [-0.4, -0.2) is 49.7 Å². The van der Waals surface area contributed by atoms with Crippen LogP contribution in [0.3, 0.4) is 0 Å². The van der Waals surface area contributed by atoms with E-state index in [9.17, 15) is 18.0 Å². The fourth-order valence-corrected chi connectivity index (χ4v) is 5.28. The van der Waals surface area contributed by atoms with Gasteiger partial charge in [-0.05, 0) is 55.7 Å². The van der Waals surface area contributed by atoms with Crippen LogP contribution in [0.25, 0.3) is 0 Å². The van der Waals surface area contributed by atoms with Crippen molar-refractivity contribution < 1.29 is 18.0 Å². The Kier molecular flexibility index (Phi) is 6.74. The van der Waals surface area contributed by atoms with Gasteiger partial charge in [0.2, 0.25) is 15.9 Å². The molecule has 1 aromatic heterocycles. The summed E-state index contributed by atoms with van der Waals surface area (Å²) in [6.45, 7) is 2.26. The van der Waals surface area contributed by atoms with Crippen LogP contribution in [0.2, 0.25) is 5.15 Å². The van der Waals surface area contributed by atoms with E-state index >= 15 is 0 Å². The second kappa shape index (κ2) is 9.11. The van der Waals surface area contributed by atoms with Gasteiger partial charge in [0.15, 0.2) is 0 Å². The number of halogens is 1. The minimum absolute atomic E-state index is 0.0265. The summed E-state index contributed by atoms with van der Waals surface area (Å²) in [5.74, 6) is -0.667. The molecule has 3 rings (SSSR count). The second-order valence-corrected chi connectivity index (χ2v) is 9.33. The van der Waals surface area contributed by atoms with E-state index in [1.807, 2.05) is 6.92 Å². The van der Waals surface area contributed by atoms with Crippen LogP contribution in [0.5, 0.6) is 0 Å². The third-order valence-electron chi connectivity index (χ3n) is 5.14. The highest BCUT2D eigenvalue weighted by atomic mass is 35.5. The highest BCUT2D eigenvalue weighted by molar-refractivity contribution is 7.89. The molecule has 160 valence electrons. The van der Waals surface area contributed by atoms with E-state index in [2.05, 4.69) is 15.6 Å². The fraction of sp³-hybridized carbons (Fsp3) is 0.350. The van der Waals surface area contributed by atoms with Crippen molar-refractivity contribution in [1.29, 1.82) is 0 Å². The molecule has 1 aromatic carbocycles. The number of aryl methyl sites for hydroxylation is 1. The largest absolute Gasteiger partial charge is 0.355 e. The van der Waals surface area contributed by atoms with Gasteiger partial charge in [-0.25, -0.2) is 13.4 Å². The summed E-state index contributed by atoms with van der Waals surface area (Å²) in [6, 6.07) is 8.00. The number of pyridine rings is 1. The number of nitrogens with zero attached hydrogens (tertiary/aromatic N) is 2. The molecule has 0 atom stereocenters. The fourth-order valence-electron chi connectivity index (χ4n) is 3.39. The number of carbonyl (C=O) groups excluding carboxylic acids is 2. The van der Waals surface area contributed by atoms with Gasteiger partial charge in [-0.2, -0.15) is 4.31 Å². The zero-order chi connectivity index (χ0) is 21.9. The molecule has 2 amide bonds. The third-order valence-corrected chi connectivity index (χ3v) is 7.48. The van der Waals surface area contributed by atoms with Crippen molar-refractivity contribution in [2.24, 2.45) is 5.92 Å². The first-order valence-corrected chi connectivity index (χ1v) is 11.3. The molecule has 1 fully saturated rings. The number of hydrogen-bond donors (Lipinski definition) is 2. The summed E-state index contributed by atoms with van der Waals surface area (Å²) in [7, 11) is -2.20. The maximum Gasteiger partial charge on any atom is 0.251 e. The lowest BCUT2D eigenvalue weighted by atomic mass is 9.97. The van der Waals surface area contributed by atoms with Crippen LogP contribution >= 0.6 is 11.6 Å². The quantitative estimate of drug-likeness (QED) is 0.680. The minimum atomic E-state index is -3.75. The first kappa shape index (κ1) is 22.2. The van der Waals surface area contributed by atoms with Crippen molar-refractivity contribution >= 4 is 39.1 Å². The zero-order valence-corrected chi connectivity index (χ0v) is 18.3. The molecule has 8 nitrogen and oxygen atoms in total. The highest BCUT2D eigenvalue weighted by Gasteiger charge is 2.33. The molecule has 10 heteroatoms. The topological polar surface area (TPSA) is 108 Å². The number of benzene rings is 1. The van der Waals surface area contributed by atoms with Gasteiger partial charge in [-0.3, -0.25) is 9.59 Å². The van der Waals surface area contributed by atoms with E-state index in [0.717, 1.165) is 5.56 Å². The first-order valence-electron chi connectivity index (χ1n) is 9.48. The van der Waals surface area contributed by atoms with Crippen molar-refractivity contribution in [3.8, 4) is 0 Å². The van der Waals surface area contributed by atoms with Gasteiger partial charge in [0.25, 0.3) is 5.91 Å². The Morgan fingerprint density at radius 3 is 2.50 bits per heavy atom. The summed E-state index contributed by atoms with van der Waals surface area (Å²) in [5.41, 5.74) is 1.92. The summed E-state index contributed by atoms with van der Waals surface area (Å²) >= 11 is 5.95. The molecule has 0 bridgehead atoms. The van der Waals surface area contributed by atoms with Crippen molar-refractivity contribution in [1.82, 2.24) is 14.6 Å². The highest BCUT2D eigenvalue weighted by Crippen LogP contribution is 2.28. The number of anilines is 1. The van der Waals surface area contributed by atoms with E-state index in [0.29, 0.717) is 24.1 Å². The molecule has 2 heterocycles. The lowest BCUT2D eigenvalue weighted by Crippen LogP contribution is -2.41. The van der Waals surface area contributed by atoms with E-state index in [1.54, 1.807) is 25.2 Å². The number of hydrogen-bond acceptors (Lipinski definition) is 5. The normalized spacial score (nSPS) is 15.6. The average Bonchev–Trinajstić information content (AvgIpc) is 2.74. The van der Waals surface area contributed by atoms with Crippen LogP contribution in [0.1, 0.15) is 28.8 Å². The number of amides is 2. The van der Waals surface area contributed by atoms with Crippen molar-refractivity contribution in [2.75, 3.05) is 25.5 Å². The average molecular weight is 451 g/mol. The minimum Gasteiger partial charge on any atom is -0.355 e. The molecular weight excluding hydrogens is 428 g/mol. The number of nitrogens with one attached hydrogen (secondary N) is 2. The molecule has 2 N–H and O–H groups in total. The monoisotopic (exact) mass is 450 g/mol. The molecule has 1 aliphatic heterocycles. The molecule has 0 unspecified atom stereocenters. The standard InChI is InChI=1S/C20H23ClN4O4S/c1-13-12-15(19(26)22-2)5-6-16(13)24-20(27)14-7-10-25(11-8-14)30(28,29)17-4-3-9-23-18(17)21/h3-6,9,12,14H,7-8,10-11H2,1-2H3,(H,22,26)(H,24,27). The Bertz CT molecular complexity index is 1070. The van der Waals surface area contributed by atoms with Gasteiger partial charge in [-0.15, -0.1) is 0 Å². The smallest absolute Gasteiger partial charge is 0.251 e. The van der Waals surface area contributed by atoms with Gasteiger partial charge in [0.1, 0.15) is 10.0 Å². The van der Waals surface area contributed by atoms with Crippen molar-refractivity contribution in [3.63, 3.8) is 0 Å². The van der Waals surface area contributed by atoms with Crippen molar-refractivity contribution in [2.45, 2.75) is 24.7 Å². The van der Waals surface area contributed by atoms with Crippen LogP contribution in [0.4, 0.5) is 5.69 Å². The van der Waals surface area contributed by atoms with Crippen LogP contribution in [0.15, 0.2) is 41.4 Å². The molecular formula is C20H23ClN4O4S. The van der Waals surface area contributed by atoms with Gasteiger partial charge >= 0.3 is 0 Å². The zero-order valence-electron chi connectivity index (χ0n) is 16.7. The van der Waals surface area contributed by atoms with E-state index in [-0.39, 0.29) is 40.9 Å². The maximum atomic E-state index is 12.8. The Hall–Kier alpha value is -2.49. The summed E-state index contributed by atoms with van der Waals surface area (Å²) in [5, 5.41) is 5.39.